The summed E-state index contributed by atoms with van der Waals surface area (Å²) in [6.45, 7) is 18.2. The van der Waals surface area contributed by atoms with Gasteiger partial charge in [-0.25, -0.2) is 0 Å². The molecule has 0 heteroatoms. The third-order valence-electron chi connectivity index (χ3n) is 4.31. The van der Waals surface area contributed by atoms with Gasteiger partial charge in [0, 0.05) is 0 Å². The Hall–Kier alpha value is -0.780. The molecule has 0 aromatic heterocycles. The lowest BCUT2D eigenvalue weighted by Crippen LogP contribution is -1.92. The van der Waals surface area contributed by atoms with Crippen molar-refractivity contribution in [1.29, 1.82) is 0 Å². The van der Waals surface area contributed by atoms with E-state index >= 15 is 0 Å². The van der Waals surface area contributed by atoms with Gasteiger partial charge in [-0.2, -0.15) is 0 Å². The third-order valence-corrected chi connectivity index (χ3v) is 4.31. The summed E-state index contributed by atoms with van der Waals surface area (Å²) < 4.78 is 0. The van der Waals surface area contributed by atoms with Gasteiger partial charge in [-0.1, -0.05) is 119 Å². The highest BCUT2D eigenvalue weighted by molar-refractivity contribution is 5.14. The van der Waals surface area contributed by atoms with Crippen LogP contribution in [-0.2, 0) is 6.42 Å². The van der Waals surface area contributed by atoms with Crippen LogP contribution in [0.2, 0.25) is 0 Å². The van der Waals surface area contributed by atoms with Crippen molar-refractivity contribution < 1.29 is 0 Å². The van der Waals surface area contributed by atoms with Crippen molar-refractivity contribution in [3.8, 4) is 0 Å². The lowest BCUT2D eigenvalue weighted by molar-refractivity contribution is 0.476. The van der Waals surface area contributed by atoms with Gasteiger partial charge in [0.2, 0.25) is 0 Å². The van der Waals surface area contributed by atoms with E-state index < -0.39 is 0 Å². The van der Waals surface area contributed by atoms with Crippen molar-refractivity contribution in [2.24, 2.45) is 29.6 Å². The minimum absolute atomic E-state index is 0. The highest BCUT2D eigenvalue weighted by Crippen LogP contribution is 2.34. The maximum Gasteiger partial charge on any atom is -0.0256 e. The van der Waals surface area contributed by atoms with Crippen LogP contribution in [0.5, 0.6) is 0 Å². The molecule has 0 aliphatic heterocycles. The zero-order valence-electron chi connectivity index (χ0n) is 18.5. The lowest BCUT2D eigenvalue weighted by Gasteiger charge is -2.05. The van der Waals surface area contributed by atoms with Gasteiger partial charge in [-0.05, 0) is 48.0 Å². The van der Waals surface area contributed by atoms with Crippen LogP contribution in [0.3, 0.4) is 0 Å². The Morgan fingerprint density at radius 1 is 0.692 bits per heavy atom. The first kappa shape index (κ1) is 27.4. The van der Waals surface area contributed by atoms with Gasteiger partial charge in [0.05, 0.1) is 0 Å². The van der Waals surface area contributed by atoms with Crippen molar-refractivity contribution in [1.82, 2.24) is 0 Å². The van der Waals surface area contributed by atoms with Gasteiger partial charge in [0.1, 0.15) is 0 Å². The van der Waals surface area contributed by atoms with E-state index in [4.69, 9.17) is 0 Å². The molecule has 0 saturated heterocycles. The van der Waals surface area contributed by atoms with E-state index in [1.165, 1.54) is 44.1 Å². The molecule has 0 atom stereocenters. The van der Waals surface area contributed by atoms with Gasteiger partial charge in [-0.15, -0.1) is 0 Å². The first-order valence-corrected chi connectivity index (χ1v) is 10.7. The van der Waals surface area contributed by atoms with E-state index in [1.807, 2.05) is 0 Å². The van der Waals surface area contributed by atoms with Crippen molar-refractivity contribution >= 4 is 0 Å². The maximum atomic E-state index is 2.30. The quantitative estimate of drug-likeness (QED) is 0.453. The van der Waals surface area contributed by atoms with Crippen LogP contribution in [0.15, 0.2) is 30.3 Å². The predicted octanol–water partition coefficient (Wildman–Crippen LogP) is 9.04. The zero-order valence-corrected chi connectivity index (χ0v) is 18.5. The monoisotopic (exact) mass is 362 g/mol. The molecule has 0 nitrogen and oxygen atoms in total. The molecule has 0 radical (unpaired) electrons. The average molecular weight is 363 g/mol. The molecule has 1 aromatic rings. The van der Waals surface area contributed by atoms with Gasteiger partial charge in [0.15, 0.2) is 0 Å². The fourth-order valence-electron chi connectivity index (χ4n) is 2.77. The molecule has 2 rings (SSSR count). The van der Waals surface area contributed by atoms with Gasteiger partial charge < -0.3 is 0 Å². The summed E-state index contributed by atoms with van der Waals surface area (Å²) >= 11 is 0. The Morgan fingerprint density at radius 2 is 1.15 bits per heavy atom. The van der Waals surface area contributed by atoms with Crippen LogP contribution in [0.4, 0.5) is 0 Å². The molecule has 1 aromatic carbocycles. The van der Waals surface area contributed by atoms with Crippen LogP contribution in [0.1, 0.15) is 100 Å². The van der Waals surface area contributed by atoms with E-state index in [0.717, 1.165) is 29.6 Å². The minimum atomic E-state index is 0. The van der Waals surface area contributed by atoms with Gasteiger partial charge >= 0.3 is 0 Å². The molecule has 1 aliphatic rings. The normalized spacial score (nSPS) is 13.1. The molecule has 1 fully saturated rings. The fraction of sp³-hybridized carbons (Fsp3) is 0.769. The largest absolute Gasteiger partial charge is 0.0776 e. The van der Waals surface area contributed by atoms with E-state index in [0.29, 0.717) is 0 Å². The molecular formula is C26H50. The van der Waals surface area contributed by atoms with Crippen molar-refractivity contribution in [3.05, 3.63) is 35.9 Å². The van der Waals surface area contributed by atoms with Crippen molar-refractivity contribution in [2.75, 3.05) is 0 Å². The first-order chi connectivity index (χ1) is 11.7. The van der Waals surface area contributed by atoms with Crippen LogP contribution >= 0.6 is 0 Å². The highest BCUT2D eigenvalue weighted by atomic mass is 14.3. The molecule has 0 bridgehead atoms. The Bertz CT molecular complexity index is 374. The second-order valence-corrected chi connectivity index (χ2v) is 9.52. The average Bonchev–Trinajstić information content (AvgIpc) is 3.30. The fourth-order valence-corrected chi connectivity index (χ4v) is 2.77. The number of benzene rings is 1. The second-order valence-electron chi connectivity index (χ2n) is 9.52. The first-order valence-electron chi connectivity index (χ1n) is 10.7. The third kappa shape index (κ3) is 21.3. The van der Waals surface area contributed by atoms with Gasteiger partial charge in [-0.3, -0.25) is 0 Å². The Labute approximate surface area is 167 Å². The standard InChI is InChI=1S/C10H14.C8H18.C7H14.CH4/c1-9(2)8-10-6-4-3-5-7-10;1-7(2)5-6-8(3)4;1-6(2)5-7-3-4-7;/h3-7,9H,8H2,1-2H3;7-8H,5-6H2,1-4H3;6-7H,3-5H2,1-2H3;1H4. The van der Waals surface area contributed by atoms with E-state index in [2.05, 4.69) is 85.7 Å². The van der Waals surface area contributed by atoms with Crippen LogP contribution < -0.4 is 0 Å². The molecule has 0 N–H and O–H groups in total. The summed E-state index contributed by atoms with van der Waals surface area (Å²) in [7, 11) is 0. The molecule has 26 heavy (non-hydrogen) atoms. The SMILES string of the molecule is C.CC(C)CC1CC1.CC(C)CCC(C)C.CC(C)Cc1ccccc1. The molecule has 0 heterocycles. The highest BCUT2D eigenvalue weighted by Gasteiger charge is 2.21. The Morgan fingerprint density at radius 3 is 1.42 bits per heavy atom. The summed E-state index contributed by atoms with van der Waals surface area (Å²) in [4.78, 5) is 0. The number of hydrogen-bond donors (Lipinski definition) is 0. The van der Waals surface area contributed by atoms with E-state index in [-0.39, 0.29) is 7.43 Å². The maximum absolute atomic E-state index is 2.30. The second kappa shape index (κ2) is 16.4. The minimum Gasteiger partial charge on any atom is -0.0776 e. The van der Waals surface area contributed by atoms with Crippen LogP contribution in [0.25, 0.3) is 0 Å². The van der Waals surface area contributed by atoms with Crippen molar-refractivity contribution in [2.45, 2.75) is 101 Å². The Kier molecular flexibility index (Phi) is 17.3. The molecule has 0 amide bonds. The predicted molar refractivity (Wildman–Crippen MR) is 123 cm³/mol. The van der Waals surface area contributed by atoms with E-state index in [9.17, 15) is 0 Å². The van der Waals surface area contributed by atoms with Crippen LogP contribution in [-0.4, -0.2) is 0 Å². The van der Waals surface area contributed by atoms with E-state index in [1.54, 1.807) is 0 Å². The van der Waals surface area contributed by atoms with Gasteiger partial charge in [0.25, 0.3) is 0 Å². The molecule has 0 spiro atoms. The summed E-state index contributed by atoms with van der Waals surface area (Å²) in [6, 6.07) is 10.6. The van der Waals surface area contributed by atoms with Crippen LogP contribution in [0, 0.1) is 29.6 Å². The topological polar surface area (TPSA) is 0 Å². The molecule has 1 saturated carbocycles. The van der Waals surface area contributed by atoms with Crippen molar-refractivity contribution in [3.63, 3.8) is 0 Å². The zero-order chi connectivity index (χ0) is 19.2. The number of hydrogen-bond acceptors (Lipinski definition) is 0. The molecule has 154 valence electrons. The summed E-state index contributed by atoms with van der Waals surface area (Å²) in [6.07, 6.45) is 8.46. The Balaban J connectivity index is 0. The molecular weight excluding hydrogens is 312 g/mol. The smallest absolute Gasteiger partial charge is 0.0256 e. The summed E-state index contributed by atoms with van der Waals surface area (Å²) in [5.74, 6) is 4.60. The number of rotatable bonds is 7. The lowest BCUT2D eigenvalue weighted by atomic mass is 10.0. The summed E-state index contributed by atoms with van der Waals surface area (Å²) in [5.41, 5.74) is 1.44. The summed E-state index contributed by atoms with van der Waals surface area (Å²) in [5, 5.41) is 0. The molecule has 1 aliphatic carbocycles. The molecule has 0 unspecified atom stereocenters.